The van der Waals surface area contributed by atoms with Gasteiger partial charge in [-0.05, 0) is 63.9 Å². The summed E-state index contributed by atoms with van der Waals surface area (Å²) in [5.41, 5.74) is 11.8. The predicted molar refractivity (Wildman–Crippen MR) is 135 cm³/mol. The molecule has 0 fully saturated rings. The van der Waals surface area contributed by atoms with Gasteiger partial charge in [0.05, 0.1) is 10.9 Å². The molecule has 0 spiro atoms. The van der Waals surface area contributed by atoms with Gasteiger partial charge in [0.1, 0.15) is 17.8 Å². The van der Waals surface area contributed by atoms with Crippen LogP contribution in [0.1, 0.15) is 52.5 Å². The van der Waals surface area contributed by atoms with Crippen LogP contribution < -0.4 is 16.4 Å². The standard InChI is InChI=1S/C26H28N6O2/c1-14(2)32-12-20(22-24(27)28-13-29-25(22)32)23(33)19-11-18(8-7-16(19)4)30-26(34)31-21-9-6-15(3)10-17(21)5/h6-14H,1-5H3,(H2,27,28,29)(H2,30,31,34). The molecule has 4 aromatic rings. The van der Waals surface area contributed by atoms with E-state index in [0.717, 1.165) is 22.4 Å². The summed E-state index contributed by atoms with van der Waals surface area (Å²) < 4.78 is 1.91. The Labute approximate surface area is 198 Å². The van der Waals surface area contributed by atoms with Gasteiger partial charge in [-0.3, -0.25) is 4.79 Å². The zero-order valence-corrected chi connectivity index (χ0v) is 19.9. The van der Waals surface area contributed by atoms with Crippen molar-refractivity contribution in [1.82, 2.24) is 14.5 Å². The molecule has 0 radical (unpaired) electrons. The van der Waals surface area contributed by atoms with Crippen molar-refractivity contribution in [2.45, 2.75) is 40.7 Å². The van der Waals surface area contributed by atoms with Crippen molar-refractivity contribution in [2.75, 3.05) is 16.4 Å². The Morgan fingerprint density at radius 2 is 1.71 bits per heavy atom. The summed E-state index contributed by atoms with van der Waals surface area (Å²) in [6.07, 6.45) is 3.17. The molecule has 0 unspecified atom stereocenters. The molecule has 0 aliphatic carbocycles. The van der Waals surface area contributed by atoms with Crippen molar-refractivity contribution in [3.8, 4) is 0 Å². The van der Waals surface area contributed by atoms with Gasteiger partial charge in [0.15, 0.2) is 5.78 Å². The van der Waals surface area contributed by atoms with E-state index in [9.17, 15) is 9.59 Å². The summed E-state index contributed by atoms with van der Waals surface area (Å²) in [4.78, 5) is 34.7. The average molecular weight is 457 g/mol. The molecule has 0 bridgehead atoms. The van der Waals surface area contributed by atoms with Crippen molar-refractivity contribution in [3.63, 3.8) is 0 Å². The Hall–Kier alpha value is -4.20. The van der Waals surface area contributed by atoms with Crippen LogP contribution in [-0.2, 0) is 0 Å². The third-order valence-electron chi connectivity index (χ3n) is 5.81. The van der Waals surface area contributed by atoms with Crippen LogP contribution in [0.2, 0.25) is 0 Å². The SMILES string of the molecule is Cc1ccc(NC(=O)Nc2ccc(C)c(C(=O)c3cn(C(C)C)c4ncnc(N)c34)c2)c(C)c1. The molecule has 0 aliphatic heterocycles. The molecule has 2 aromatic carbocycles. The van der Waals surface area contributed by atoms with Gasteiger partial charge in [0.25, 0.3) is 0 Å². The van der Waals surface area contributed by atoms with Gasteiger partial charge in [0.2, 0.25) is 0 Å². The molecule has 4 N–H and O–H groups in total. The van der Waals surface area contributed by atoms with Gasteiger partial charge in [-0.15, -0.1) is 0 Å². The summed E-state index contributed by atoms with van der Waals surface area (Å²) in [6, 6.07) is 10.8. The van der Waals surface area contributed by atoms with Crippen LogP contribution in [0.25, 0.3) is 11.0 Å². The zero-order chi connectivity index (χ0) is 24.6. The number of nitrogens with zero attached hydrogens (tertiary/aromatic N) is 3. The number of carbonyl (C=O) groups excluding carboxylic acids is 2. The van der Waals surface area contributed by atoms with Crippen molar-refractivity contribution in [3.05, 3.63) is 76.7 Å². The smallest absolute Gasteiger partial charge is 0.323 e. The molecule has 0 aliphatic rings. The molecular formula is C26H28N6O2. The van der Waals surface area contributed by atoms with Gasteiger partial charge in [-0.25, -0.2) is 14.8 Å². The molecule has 0 saturated heterocycles. The molecule has 2 aromatic heterocycles. The second-order valence-corrected chi connectivity index (χ2v) is 8.76. The topological polar surface area (TPSA) is 115 Å². The quantitative estimate of drug-likeness (QED) is 0.348. The van der Waals surface area contributed by atoms with Crippen molar-refractivity contribution >= 4 is 40.0 Å². The fourth-order valence-corrected chi connectivity index (χ4v) is 4.00. The Bertz CT molecular complexity index is 1420. The van der Waals surface area contributed by atoms with Crippen LogP contribution >= 0.6 is 0 Å². The number of nitrogens with one attached hydrogen (secondary N) is 2. The highest BCUT2D eigenvalue weighted by Gasteiger charge is 2.22. The second-order valence-electron chi connectivity index (χ2n) is 8.76. The number of hydrogen-bond donors (Lipinski definition) is 3. The van der Waals surface area contributed by atoms with E-state index in [-0.39, 0.29) is 23.7 Å². The van der Waals surface area contributed by atoms with E-state index in [1.807, 2.05) is 63.5 Å². The number of aromatic nitrogens is 3. The lowest BCUT2D eigenvalue weighted by atomic mass is 9.98. The maximum atomic E-state index is 13.6. The van der Waals surface area contributed by atoms with Crippen molar-refractivity contribution < 1.29 is 9.59 Å². The molecule has 8 nitrogen and oxygen atoms in total. The highest BCUT2D eigenvalue weighted by molar-refractivity contribution is 6.19. The van der Waals surface area contributed by atoms with Crippen molar-refractivity contribution in [2.24, 2.45) is 0 Å². The number of fused-ring (bicyclic) bond motifs is 1. The minimum Gasteiger partial charge on any atom is -0.383 e. The average Bonchev–Trinajstić information content (AvgIpc) is 3.18. The lowest BCUT2D eigenvalue weighted by Gasteiger charge is -2.12. The first-order valence-corrected chi connectivity index (χ1v) is 11.1. The number of amides is 2. The molecule has 174 valence electrons. The first-order chi connectivity index (χ1) is 16.2. The maximum Gasteiger partial charge on any atom is 0.323 e. The summed E-state index contributed by atoms with van der Waals surface area (Å²) in [5, 5.41) is 6.21. The van der Waals surface area contributed by atoms with E-state index >= 15 is 0 Å². The number of benzene rings is 2. The molecule has 2 amide bonds. The van der Waals surface area contributed by atoms with Gasteiger partial charge in [-0.2, -0.15) is 0 Å². The van der Waals surface area contributed by atoms with Crippen molar-refractivity contribution in [1.29, 1.82) is 0 Å². The molecule has 4 rings (SSSR count). The number of carbonyl (C=O) groups is 2. The minimum absolute atomic E-state index is 0.0846. The molecular weight excluding hydrogens is 428 g/mol. The fraction of sp³-hybridized carbons (Fsp3) is 0.231. The van der Waals surface area contributed by atoms with Gasteiger partial charge in [0, 0.05) is 29.2 Å². The van der Waals surface area contributed by atoms with E-state index in [1.165, 1.54) is 6.33 Å². The minimum atomic E-state index is -0.386. The predicted octanol–water partition coefficient (Wildman–Crippen LogP) is 5.39. The van der Waals surface area contributed by atoms with Crippen LogP contribution in [0, 0.1) is 20.8 Å². The van der Waals surface area contributed by atoms with E-state index in [0.29, 0.717) is 27.8 Å². The first kappa shape index (κ1) is 23.0. The van der Waals surface area contributed by atoms with Gasteiger partial charge in [-0.1, -0.05) is 23.8 Å². The molecule has 2 heterocycles. The van der Waals surface area contributed by atoms with Gasteiger partial charge >= 0.3 is 6.03 Å². The third kappa shape index (κ3) is 4.34. The highest BCUT2D eigenvalue weighted by atomic mass is 16.2. The number of aryl methyl sites for hydroxylation is 3. The number of urea groups is 1. The normalized spacial score (nSPS) is 11.1. The number of nitrogen functional groups attached to an aromatic ring is 1. The maximum absolute atomic E-state index is 13.6. The Morgan fingerprint density at radius 3 is 2.41 bits per heavy atom. The zero-order valence-electron chi connectivity index (χ0n) is 19.9. The van der Waals surface area contributed by atoms with E-state index in [1.54, 1.807) is 18.3 Å². The Morgan fingerprint density at radius 1 is 0.941 bits per heavy atom. The van der Waals surface area contributed by atoms with E-state index in [2.05, 4.69) is 20.6 Å². The van der Waals surface area contributed by atoms with Crippen LogP contribution in [0.3, 0.4) is 0 Å². The largest absolute Gasteiger partial charge is 0.383 e. The van der Waals surface area contributed by atoms with Crippen LogP contribution in [0.4, 0.5) is 22.0 Å². The number of nitrogens with two attached hydrogens (primary N) is 1. The molecule has 0 saturated carbocycles. The number of hydrogen-bond acceptors (Lipinski definition) is 5. The monoisotopic (exact) mass is 456 g/mol. The lowest BCUT2D eigenvalue weighted by Crippen LogP contribution is -2.20. The molecule has 34 heavy (non-hydrogen) atoms. The number of ketones is 1. The summed E-state index contributed by atoms with van der Waals surface area (Å²) >= 11 is 0. The third-order valence-corrected chi connectivity index (χ3v) is 5.81. The van der Waals surface area contributed by atoms with E-state index < -0.39 is 0 Å². The van der Waals surface area contributed by atoms with Crippen LogP contribution in [-0.4, -0.2) is 26.3 Å². The lowest BCUT2D eigenvalue weighted by molar-refractivity contribution is 0.103. The second kappa shape index (κ2) is 8.97. The first-order valence-electron chi connectivity index (χ1n) is 11.1. The number of rotatable bonds is 5. The van der Waals surface area contributed by atoms with E-state index in [4.69, 9.17) is 5.73 Å². The fourth-order valence-electron chi connectivity index (χ4n) is 4.00. The summed E-state index contributed by atoms with van der Waals surface area (Å²) in [6.45, 7) is 9.81. The molecule has 8 heteroatoms. The van der Waals surface area contributed by atoms with Gasteiger partial charge < -0.3 is 20.9 Å². The number of anilines is 3. The highest BCUT2D eigenvalue weighted by Crippen LogP contribution is 2.30. The summed E-state index contributed by atoms with van der Waals surface area (Å²) in [7, 11) is 0. The summed E-state index contributed by atoms with van der Waals surface area (Å²) in [5.74, 6) is 0.0503. The van der Waals surface area contributed by atoms with Crippen LogP contribution in [0.5, 0.6) is 0 Å². The molecule has 0 atom stereocenters. The Kier molecular flexibility index (Phi) is 6.06. The Balaban J connectivity index is 1.65. The van der Waals surface area contributed by atoms with Crippen LogP contribution in [0.15, 0.2) is 48.9 Å².